The van der Waals surface area contributed by atoms with Crippen LogP contribution in [0.5, 0.6) is 0 Å². The van der Waals surface area contributed by atoms with Crippen molar-refractivity contribution in [1.29, 1.82) is 0 Å². The van der Waals surface area contributed by atoms with Gasteiger partial charge in [0, 0.05) is 10.6 Å². The van der Waals surface area contributed by atoms with Crippen molar-refractivity contribution in [2.24, 2.45) is 5.92 Å². The molecule has 1 atom stereocenters. The Morgan fingerprint density at radius 3 is 2.29 bits per heavy atom. The topological polar surface area (TPSA) is 29.5 Å². The fourth-order valence-electron chi connectivity index (χ4n) is 1.38. The van der Waals surface area contributed by atoms with E-state index in [1.807, 2.05) is 13.8 Å². The zero-order valence-corrected chi connectivity index (χ0v) is 10.9. The highest BCUT2D eigenvalue weighted by molar-refractivity contribution is 6.31. The van der Waals surface area contributed by atoms with E-state index in [0.717, 1.165) is 0 Å². The summed E-state index contributed by atoms with van der Waals surface area (Å²) in [7, 11) is 0. The lowest BCUT2D eigenvalue weighted by atomic mass is 9.91. The van der Waals surface area contributed by atoms with E-state index < -0.39 is 24.2 Å². The van der Waals surface area contributed by atoms with Crippen molar-refractivity contribution in [1.82, 2.24) is 0 Å². The molecule has 2 nitrogen and oxygen atoms in total. The minimum absolute atomic E-state index is 0.000386. The summed E-state index contributed by atoms with van der Waals surface area (Å²) < 4.78 is 31.3. The summed E-state index contributed by atoms with van der Waals surface area (Å²) in [6.07, 6.45) is 0. The maximum absolute atomic E-state index is 13.3. The van der Waals surface area contributed by atoms with Gasteiger partial charge in [-0.1, -0.05) is 45.5 Å². The zero-order chi connectivity index (χ0) is 13.8. The fourth-order valence-corrected chi connectivity index (χ4v) is 1.63. The number of hydrogen-bond acceptors (Lipinski definition) is 2. The average molecular weight is 267 g/mol. The molecule has 1 rings (SSSR count). The minimum atomic E-state index is -3.02. The standard InChI is InChI=1S/C10H11ClF2O2.C2H6/c1-5-8(6(2)11)9(7(3)14)15-4-10(5,12)13;1-2/h5,14H,2-4H2,1H3;1-2H3. The highest BCUT2D eigenvalue weighted by atomic mass is 35.5. The number of aliphatic hydroxyl groups is 1. The van der Waals surface area contributed by atoms with Gasteiger partial charge in [0.15, 0.2) is 18.1 Å². The third-order valence-corrected chi connectivity index (χ3v) is 2.48. The molecule has 98 valence electrons. The molecule has 0 amide bonds. The van der Waals surface area contributed by atoms with Gasteiger partial charge in [-0.05, 0) is 0 Å². The molecule has 0 aliphatic carbocycles. The molecular weight excluding hydrogens is 250 g/mol. The fraction of sp³-hybridized carbons (Fsp3) is 0.500. The first kappa shape index (κ1) is 16.0. The molecule has 0 aromatic rings. The molecule has 1 N–H and O–H groups in total. The minimum Gasteiger partial charge on any atom is -0.505 e. The molecule has 0 spiro atoms. The Bertz CT molecular complexity index is 348. The molecule has 17 heavy (non-hydrogen) atoms. The second kappa shape index (κ2) is 6.05. The summed E-state index contributed by atoms with van der Waals surface area (Å²) in [4.78, 5) is 0. The van der Waals surface area contributed by atoms with Crippen LogP contribution in [-0.4, -0.2) is 17.6 Å². The van der Waals surface area contributed by atoms with Gasteiger partial charge in [0.1, 0.15) is 0 Å². The van der Waals surface area contributed by atoms with E-state index in [2.05, 4.69) is 13.2 Å². The molecule has 0 saturated carbocycles. The summed E-state index contributed by atoms with van der Waals surface area (Å²) in [5, 5.41) is 9.09. The Morgan fingerprint density at radius 2 is 1.94 bits per heavy atom. The SMILES string of the molecule is C=C(O)C1=C(C(=C)Cl)C(C)C(F)(F)CO1.CC. The predicted octanol–water partition coefficient (Wildman–Crippen LogP) is 4.39. The molecule has 0 aromatic heterocycles. The largest absolute Gasteiger partial charge is 0.505 e. The van der Waals surface area contributed by atoms with Gasteiger partial charge < -0.3 is 9.84 Å². The number of allylic oxidation sites excluding steroid dienone is 2. The number of aliphatic hydroxyl groups excluding tert-OH is 1. The molecule has 0 bridgehead atoms. The van der Waals surface area contributed by atoms with Crippen molar-refractivity contribution in [3.63, 3.8) is 0 Å². The smallest absolute Gasteiger partial charge is 0.288 e. The van der Waals surface area contributed by atoms with E-state index in [1.165, 1.54) is 6.92 Å². The number of alkyl halides is 2. The van der Waals surface area contributed by atoms with Crippen LogP contribution in [0, 0.1) is 5.92 Å². The summed E-state index contributed by atoms with van der Waals surface area (Å²) in [6.45, 7) is 11.1. The van der Waals surface area contributed by atoms with Gasteiger partial charge in [0.05, 0.1) is 5.92 Å². The van der Waals surface area contributed by atoms with Crippen LogP contribution in [0.1, 0.15) is 20.8 Å². The van der Waals surface area contributed by atoms with Crippen LogP contribution in [0.3, 0.4) is 0 Å². The van der Waals surface area contributed by atoms with Crippen LogP contribution in [0.25, 0.3) is 0 Å². The van der Waals surface area contributed by atoms with Gasteiger partial charge in [-0.25, -0.2) is 8.78 Å². The molecule has 0 saturated heterocycles. The second-order valence-electron chi connectivity index (χ2n) is 3.37. The van der Waals surface area contributed by atoms with E-state index in [0.29, 0.717) is 0 Å². The van der Waals surface area contributed by atoms with Crippen molar-refractivity contribution in [3.05, 3.63) is 35.3 Å². The number of halogens is 3. The van der Waals surface area contributed by atoms with Crippen molar-refractivity contribution >= 4 is 11.6 Å². The summed E-state index contributed by atoms with van der Waals surface area (Å²) >= 11 is 5.60. The average Bonchev–Trinajstić information content (AvgIpc) is 2.23. The molecule has 0 aromatic carbocycles. The number of hydrogen-bond donors (Lipinski definition) is 1. The van der Waals surface area contributed by atoms with E-state index in [4.69, 9.17) is 21.4 Å². The highest BCUT2D eigenvalue weighted by Gasteiger charge is 2.45. The molecule has 0 radical (unpaired) electrons. The Labute approximate surface area is 105 Å². The van der Waals surface area contributed by atoms with Crippen LogP contribution >= 0.6 is 11.6 Å². The normalized spacial score (nSPS) is 22.1. The zero-order valence-electron chi connectivity index (χ0n) is 10.2. The maximum atomic E-state index is 13.3. The van der Waals surface area contributed by atoms with Crippen LogP contribution in [-0.2, 0) is 4.74 Å². The molecular formula is C12H17ClF2O2. The lowest BCUT2D eigenvalue weighted by molar-refractivity contribution is -0.104. The van der Waals surface area contributed by atoms with Gasteiger partial charge in [-0.3, -0.25) is 0 Å². The van der Waals surface area contributed by atoms with E-state index in [9.17, 15) is 8.78 Å². The van der Waals surface area contributed by atoms with Crippen molar-refractivity contribution in [2.75, 3.05) is 6.61 Å². The Hall–Kier alpha value is -1.03. The van der Waals surface area contributed by atoms with Gasteiger partial charge in [-0.2, -0.15) is 0 Å². The van der Waals surface area contributed by atoms with Crippen molar-refractivity contribution in [3.8, 4) is 0 Å². The molecule has 1 aliphatic rings. The monoisotopic (exact) mass is 266 g/mol. The molecule has 5 heteroatoms. The van der Waals surface area contributed by atoms with Gasteiger partial charge in [0.2, 0.25) is 0 Å². The molecule has 1 aliphatic heterocycles. The molecule has 0 fully saturated rings. The summed E-state index contributed by atoms with van der Waals surface area (Å²) in [5.41, 5.74) is 0.000386. The third-order valence-electron chi connectivity index (χ3n) is 2.27. The molecule has 1 heterocycles. The Kier molecular flexibility index (Phi) is 5.69. The summed E-state index contributed by atoms with van der Waals surface area (Å²) in [5.74, 6) is -4.70. The number of ether oxygens (including phenoxy) is 1. The van der Waals surface area contributed by atoms with Crippen LogP contribution < -0.4 is 0 Å². The van der Waals surface area contributed by atoms with Crippen molar-refractivity contribution < 1.29 is 18.6 Å². The van der Waals surface area contributed by atoms with Gasteiger partial charge >= 0.3 is 0 Å². The highest BCUT2D eigenvalue weighted by Crippen LogP contribution is 2.42. The van der Waals surface area contributed by atoms with E-state index in [1.54, 1.807) is 0 Å². The lowest BCUT2D eigenvalue weighted by Crippen LogP contribution is -2.37. The first-order chi connectivity index (χ1) is 7.77. The van der Waals surface area contributed by atoms with Gasteiger partial charge in [-0.15, -0.1) is 0 Å². The number of rotatable bonds is 2. The third kappa shape index (κ3) is 3.46. The van der Waals surface area contributed by atoms with Gasteiger partial charge in [0.25, 0.3) is 5.92 Å². The molecule has 1 unspecified atom stereocenters. The van der Waals surface area contributed by atoms with E-state index in [-0.39, 0.29) is 16.4 Å². The predicted molar refractivity (Wildman–Crippen MR) is 65.2 cm³/mol. The van der Waals surface area contributed by atoms with Crippen LogP contribution in [0.2, 0.25) is 0 Å². The maximum Gasteiger partial charge on any atom is 0.288 e. The lowest BCUT2D eigenvalue weighted by Gasteiger charge is -2.32. The Balaban J connectivity index is 0.00000121. The first-order valence-corrected chi connectivity index (χ1v) is 5.63. The van der Waals surface area contributed by atoms with Crippen LogP contribution in [0.4, 0.5) is 8.78 Å². The first-order valence-electron chi connectivity index (χ1n) is 5.25. The quantitative estimate of drug-likeness (QED) is 0.751. The second-order valence-corrected chi connectivity index (χ2v) is 3.82. The van der Waals surface area contributed by atoms with E-state index >= 15 is 0 Å². The summed E-state index contributed by atoms with van der Waals surface area (Å²) in [6, 6.07) is 0. The van der Waals surface area contributed by atoms with Crippen molar-refractivity contribution in [2.45, 2.75) is 26.7 Å². The Morgan fingerprint density at radius 1 is 1.47 bits per heavy atom. The van der Waals surface area contributed by atoms with Crippen LogP contribution in [0.15, 0.2) is 35.3 Å².